The lowest BCUT2D eigenvalue weighted by atomic mass is 10.1. The fraction of sp³-hybridized carbons (Fsp3) is 0.238. The summed E-state index contributed by atoms with van der Waals surface area (Å²) in [5, 5.41) is 2.94. The average molecular weight is 349 g/mol. The molecule has 0 saturated heterocycles. The molecule has 5 nitrogen and oxygen atoms in total. The van der Waals surface area contributed by atoms with Crippen molar-refractivity contribution in [3.05, 3.63) is 90.0 Å². The molecule has 1 N–H and O–H groups in total. The summed E-state index contributed by atoms with van der Waals surface area (Å²) < 4.78 is 7.66. The van der Waals surface area contributed by atoms with Crippen LogP contribution >= 0.6 is 0 Å². The molecule has 3 aromatic rings. The topological polar surface area (TPSA) is 56.1 Å². The standard InChI is InChI=1S/C21H23N3O2/c1-17(26-15-18-6-3-2-4-7-18)21(25)23-13-19-8-5-9-20(12-19)14-24-11-10-22-16-24/h2-12,16-17H,13-15H2,1H3,(H,23,25)/t17-/m0/s1. The van der Waals surface area contributed by atoms with Crippen LogP contribution in [0.5, 0.6) is 0 Å². The van der Waals surface area contributed by atoms with Crippen molar-refractivity contribution in [1.82, 2.24) is 14.9 Å². The Bertz CT molecular complexity index is 816. The summed E-state index contributed by atoms with van der Waals surface area (Å²) in [5.74, 6) is -0.110. The number of carbonyl (C=O) groups is 1. The molecule has 134 valence electrons. The molecule has 0 aliphatic rings. The van der Waals surface area contributed by atoms with Gasteiger partial charge in [-0.25, -0.2) is 4.98 Å². The minimum Gasteiger partial charge on any atom is -0.364 e. The van der Waals surface area contributed by atoms with E-state index in [9.17, 15) is 4.79 Å². The Morgan fingerprint density at radius 2 is 1.88 bits per heavy atom. The molecule has 0 aliphatic carbocycles. The highest BCUT2D eigenvalue weighted by atomic mass is 16.5. The molecule has 0 fully saturated rings. The van der Waals surface area contributed by atoms with Crippen molar-refractivity contribution in [3.8, 4) is 0 Å². The van der Waals surface area contributed by atoms with E-state index in [1.165, 1.54) is 5.56 Å². The molecule has 0 bridgehead atoms. The minimum absolute atomic E-state index is 0.110. The third-order valence-electron chi connectivity index (χ3n) is 4.09. The molecule has 1 aromatic heterocycles. The van der Waals surface area contributed by atoms with Crippen LogP contribution in [0.3, 0.4) is 0 Å². The second-order valence-corrected chi connectivity index (χ2v) is 6.21. The highest BCUT2D eigenvalue weighted by Gasteiger charge is 2.13. The molecule has 0 unspecified atom stereocenters. The van der Waals surface area contributed by atoms with Gasteiger partial charge in [0.2, 0.25) is 5.91 Å². The van der Waals surface area contributed by atoms with Gasteiger partial charge in [0, 0.05) is 25.5 Å². The van der Waals surface area contributed by atoms with Crippen LogP contribution in [0.1, 0.15) is 23.6 Å². The minimum atomic E-state index is -0.496. The predicted octanol–water partition coefficient (Wildman–Crippen LogP) is 3.15. The van der Waals surface area contributed by atoms with Crippen molar-refractivity contribution in [3.63, 3.8) is 0 Å². The lowest BCUT2D eigenvalue weighted by Crippen LogP contribution is -2.34. The first-order valence-electron chi connectivity index (χ1n) is 8.67. The van der Waals surface area contributed by atoms with Crippen LogP contribution in [0.2, 0.25) is 0 Å². The Balaban J connectivity index is 1.47. The van der Waals surface area contributed by atoms with Crippen LogP contribution in [0.4, 0.5) is 0 Å². The Labute approximate surface area is 153 Å². The molecular weight excluding hydrogens is 326 g/mol. The number of hydrogen-bond donors (Lipinski definition) is 1. The quantitative estimate of drug-likeness (QED) is 0.680. The third kappa shape index (κ3) is 5.29. The maximum absolute atomic E-state index is 12.2. The normalized spacial score (nSPS) is 11.9. The number of nitrogens with one attached hydrogen (secondary N) is 1. The van der Waals surface area contributed by atoms with Gasteiger partial charge >= 0.3 is 0 Å². The van der Waals surface area contributed by atoms with Gasteiger partial charge in [0.15, 0.2) is 0 Å². The van der Waals surface area contributed by atoms with E-state index in [0.717, 1.165) is 17.7 Å². The lowest BCUT2D eigenvalue weighted by Gasteiger charge is -2.14. The molecule has 2 aromatic carbocycles. The van der Waals surface area contributed by atoms with Gasteiger partial charge in [-0.1, -0.05) is 54.6 Å². The zero-order valence-corrected chi connectivity index (χ0v) is 14.8. The van der Waals surface area contributed by atoms with Crippen LogP contribution in [-0.2, 0) is 29.2 Å². The number of carbonyl (C=O) groups excluding carboxylic acids is 1. The molecule has 1 atom stereocenters. The number of nitrogens with zero attached hydrogens (tertiary/aromatic N) is 2. The molecule has 0 saturated carbocycles. The molecule has 0 aliphatic heterocycles. The van der Waals surface area contributed by atoms with Gasteiger partial charge in [-0.05, 0) is 23.6 Å². The maximum Gasteiger partial charge on any atom is 0.249 e. The van der Waals surface area contributed by atoms with E-state index >= 15 is 0 Å². The van der Waals surface area contributed by atoms with Gasteiger partial charge in [-0.15, -0.1) is 0 Å². The van der Waals surface area contributed by atoms with Gasteiger partial charge in [0.05, 0.1) is 12.9 Å². The number of hydrogen-bond acceptors (Lipinski definition) is 3. The van der Waals surface area contributed by atoms with Crippen molar-refractivity contribution in [2.24, 2.45) is 0 Å². The summed E-state index contributed by atoms with van der Waals surface area (Å²) in [7, 11) is 0. The second-order valence-electron chi connectivity index (χ2n) is 6.21. The van der Waals surface area contributed by atoms with Crippen molar-refractivity contribution in [1.29, 1.82) is 0 Å². The lowest BCUT2D eigenvalue weighted by molar-refractivity contribution is -0.132. The van der Waals surface area contributed by atoms with E-state index in [1.807, 2.05) is 53.2 Å². The zero-order valence-electron chi connectivity index (χ0n) is 14.8. The number of benzene rings is 2. The summed E-state index contributed by atoms with van der Waals surface area (Å²) in [5.41, 5.74) is 3.29. The van der Waals surface area contributed by atoms with Gasteiger partial charge in [-0.3, -0.25) is 4.79 Å². The van der Waals surface area contributed by atoms with E-state index < -0.39 is 6.10 Å². The van der Waals surface area contributed by atoms with Gasteiger partial charge in [0.1, 0.15) is 6.10 Å². The number of amides is 1. The molecule has 26 heavy (non-hydrogen) atoms. The monoisotopic (exact) mass is 349 g/mol. The van der Waals surface area contributed by atoms with E-state index in [2.05, 4.69) is 22.4 Å². The molecular formula is C21H23N3O2. The number of imidazole rings is 1. The predicted molar refractivity (Wildman–Crippen MR) is 100 cm³/mol. The summed E-state index contributed by atoms with van der Waals surface area (Å²) in [6, 6.07) is 18.0. The van der Waals surface area contributed by atoms with E-state index in [-0.39, 0.29) is 5.91 Å². The number of ether oxygens (including phenoxy) is 1. The summed E-state index contributed by atoms with van der Waals surface area (Å²) in [4.78, 5) is 16.3. The fourth-order valence-corrected chi connectivity index (χ4v) is 2.63. The smallest absolute Gasteiger partial charge is 0.249 e. The third-order valence-corrected chi connectivity index (χ3v) is 4.09. The van der Waals surface area contributed by atoms with Crippen molar-refractivity contribution < 1.29 is 9.53 Å². The van der Waals surface area contributed by atoms with Crippen LogP contribution in [0.15, 0.2) is 73.3 Å². The van der Waals surface area contributed by atoms with E-state index in [0.29, 0.717) is 13.2 Å². The van der Waals surface area contributed by atoms with Crippen LogP contribution in [-0.4, -0.2) is 21.6 Å². The Kier molecular flexibility index (Phi) is 6.17. The fourth-order valence-electron chi connectivity index (χ4n) is 2.63. The molecule has 0 radical (unpaired) electrons. The van der Waals surface area contributed by atoms with Gasteiger partial charge in [0.25, 0.3) is 0 Å². The molecule has 1 amide bonds. The summed E-state index contributed by atoms with van der Waals surface area (Å²) in [6.45, 7) is 3.44. The second kappa shape index (κ2) is 8.97. The Hall–Kier alpha value is -2.92. The van der Waals surface area contributed by atoms with Gasteiger partial charge < -0.3 is 14.6 Å². The summed E-state index contributed by atoms with van der Waals surface area (Å²) >= 11 is 0. The van der Waals surface area contributed by atoms with Crippen molar-refractivity contribution in [2.45, 2.75) is 32.7 Å². The summed E-state index contributed by atoms with van der Waals surface area (Å²) in [6.07, 6.45) is 4.99. The van der Waals surface area contributed by atoms with Crippen molar-refractivity contribution >= 4 is 5.91 Å². The zero-order chi connectivity index (χ0) is 18.2. The molecule has 3 rings (SSSR count). The van der Waals surface area contributed by atoms with Crippen LogP contribution in [0, 0.1) is 0 Å². The first kappa shape index (κ1) is 17.9. The highest BCUT2D eigenvalue weighted by molar-refractivity contribution is 5.80. The molecule has 0 spiro atoms. The first-order valence-corrected chi connectivity index (χ1v) is 8.67. The van der Waals surface area contributed by atoms with Gasteiger partial charge in [-0.2, -0.15) is 0 Å². The Morgan fingerprint density at radius 3 is 2.65 bits per heavy atom. The number of rotatable bonds is 8. The largest absolute Gasteiger partial charge is 0.364 e. The van der Waals surface area contributed by atoms with E-state index in [4.69, 9.17) is 4.74 Å². The van der Waals surface area contributed by atoms with Crippen LogP contribution < -0.4 is 5.32 Å². The molecule has 5 heteroatoms. The SMILES string of the molecule is C[C@H](OCc1ccccc1)C(=O)NCc1cccc(Cn2ccnc2)c1. The Morgan fingerprint density at radius 1 is 1.12 bits per heavy atom. The average Bonchev–Trinajstić information content (AvgIpc) is 3.18. The highest BCUT2D eigenvalue weighted by Crippen LogP contribution is 2.08. The van der Waals surface area contributed by atoms with Crippen molar-refractivity contribution in [2.75, 3.05) is 0 Å². The number of aromatic nitrogens is 2. The maximum atomic E-state index is 12.2. The molecule has 1 heterocycles. The first-order chi connectivity index (χ1) is 12.7. The van der Waals surface area contributed by atoms with E-state index in [1.54, 1.807) is 19.4 Å². The van der Waals surface area contributed by atoms with Crippen LogP contribution in [0.25, 0.3) is 0 Å².